The van der Waals surface area contributed by atoms with Crippen LogP contribution in [0.3, 0.4) is 0 Å². The molecule has 0 radical (unpaired) electrons. The number of urea groups is 1. The molecular formula is C11H12N2O3S. The first-order chi connectivity index (χ1) is 8.02. The van der Waals surface area contributed by atoms with E-state index in [2.05, 4.69) is 0 Å². The van der Waals surface area contributed by atoms with E-state index in [1.165, 1.54) is 11.8 Å². The lowest BCUT2D eigenvalue weighted by Crippen LogP contribution is -2.39. The smallest absolute Gasteiger partial charge is 0.318 e. The number of hydrogen-bond acceptors (Lipinski definition) is 4. The molecule has 90 valence electrons. The van der Waals surface area contributed by atoms with Crippen molar-refractivity contribution in [2.45, 2.75) is 17.1 Å². The minimum atomic E-state index is -0.871. The third-order valence-corrected chi connectivity index (χ3v) is 3.02. The Morgan fingerprint density at radius 3 is 2.76 bits per heavy atom. The van der Waals surface area contributed by atoms with Gasteiger partial charge in [0.2, 0.25) is 5.91 Å². The highest BCUT2D eigenvalue weighted by Gasteiger charge is 2.15. The van der Waals surface area contributed by atoms with Crippen LogP contribution in [0, 0.1) is 0 Å². The summed E-state index contributed by atoms with van der Waals surface area (Å²) in [5.74, 6) is -0.459. The highest BCUT2D eigenvalue weighted by atomic mass is 32.2. The highest BCUT2D eigenvalue weighted by molar-refractivity contribution is 8.00. The van der Waals surface area contributed by atoms with Crippen molar-refractivity contribution < 1.29 is 14.4 Å². The Morgan fingerprint density at radius 2 is 2.18 bits per heavy atom. The molecule has 0 aliphatic rings. The lowest BCUT2D eigenvalue weighted by Gasteiger charge is -2.09. The number of imide groups is 1. The van der Waals surface area contributed by atoms with E-state index < -0.39 is 17.2 Å². The number of carbonyl (C=O) groups excluding carboxylic acids is 3. The molecule has 3 N–H and O–H groups in total. The normalized spacial score (nSPS) is 11.6. The van der Waals surface area contributed by atoms with Gasteiger partial charge in [-0.15, -0.1) is 11.8 Å². The minimum absolute atomic E-state index is 0.459. The molecule has 1 unspecified atom stereocenters. The van der Waals surface area contributed by atoms with E-state index in [1.807, 2.05) is 5.32 Å². The largest absolute Gasteiger partial charge is 0.351 e. The zero-order valence-electron chi connectivity index (χ0n) is 9.17. The van der Waals surface area contributed by atoms with Gasteiger partial charge in [-0.2, -0.15) is 0 Å². The second-order valence-electron chi connectivity index (χ2n) is 3.30. The van der Waals surface area contributed by atoms with Gasteiger partial charge in [-0.05, 0) is 19.1 Å². The molecule has 3 amide bonds. The average Bonchev–Trinajstić information content (AvgIpc) is 2.28. The van der Waals surface area contributed by atoms with Crippen molar-refractivity contribution in [2.75, 3.05) is 0 Å². The summed E-state index contributed by atoms with van der Waals surface area (Å²) >= 11 is 1.24. The Bertz CT molecular complexity index is 448. The second-order valence-corrected chi connectivity index (χ2v) is 4.72. The number of primary amides is 1. The fourth-order valence-corrected chi connectivity index (χ4v) is 2.08. The SMILES string of the molecule is CC(Sc1cccc(C=O)c1)C(=O)NC(N)=O. The fourth-order valence-electron chi connectivity index (χ4n) is 1.14. The molecule has 0 fully saturated rings. The molecule has 0 saturated carbocycles. The monoisotopic (exact) mass is 252 g/mol. The van der Waals surface area contributed by atoms with Crippen molar-refractivity contribution in [1.29, 1.82) is 0 Å². The Balaban J connectivity index is 2.66. The number of thioether (sulfide) groups is 1. The topological polar surface area (TPSA) is 89.3 Å². The molecule has 0 bridgehead atoms. The molecule has 1 aromatic carbocycles. The van der Waals surface area contributed by atoms with Crippen LogP contribution >= 0.6 is 11.8 Å². The maximum Gasteiger partial charge on any atom is 0.318 e. The first-order valence-electron chi connectivity index (χ1n) is 4.85. The molecule has 0 aromatic heterocycles. The maximum atomic E-state index is 11.4. The molecule has 6 heteroatoms. The van der Waals surface area contributed by atoms with Crippen LogP contribution in [-0.2, 0) is 4.79 Å². The van der Waals surface area contributed by atoms with Gasteiger partial charge in [-0.1, -0.05) is 12.1 Å². The number of amides is 3. The third kappa shape index (κ3) is 4.28. The lowest BCUT2D eigenvalue weighted by molar-refractivity contribution is -0.119. The molecule has 5 nitrogen and oxygen atoms in total. The first-order valence-corrected chi connectivity index (χ1v) is 5.73. The number of benzene rings is 1. The van der Waals surface area contributed by atoms with Gasteiger partial charge in [-0.25, -0.2) is 4.79 Å². The molecule has 1 aromatic rings. The summed E-state index contributed by atoms with van der Waals surface area (Å²) in [5, 5.41) is 1.53. The van der Waals surface area contributed by atoms with Crippen molar-refractivity contribution in [3.05, 3.63) is 29.8 Å². The predicted octanol–water partition coefficient (Wildman–Crippen LogP) is 1.17. The Hall–Kier alpha value is -1.82. The van der Waals surface area contributed by atoms with E-state index in [-0.39, 0.29) is 0 Å². The number of carbonyl (C=O) groups is 3. The summed E-state index contributed by atoms with van der Waals surface area (Å²) in [6.45, 7) is 1.65. The summed E-state index contributed by atoms with van der Waals surface area (Å²) in [7, 11) is 0. The van der Waals surface area contributed by atoms with Gasteiger partial charge in [0.1, 0.15) is 6.29 Å². The Labute approximate surface area is 103 Å². The molecule has 0 heterocycles. The van der Waals surface area contributed by atoms with Gasteiger partial charge in [-0.3, -0.25) is 14.9 Å². The molecule has 17 heavy (non-hydrogen) atoms. The van der Waals surface area contributed by atoms with Gasteiger partial charge in [0.05, 0.1) is 5.25 Å². The minimum Gasteiger partial charge on any atom is -0.351 e. The van der Waals surface area contributed by atoms with E-state index in [4.69, 9.17) is 5.73 Å². The number of nitrogens with two attached hydrogens (primary N) is 1. The van der Waals surface area contributed by atoms with E-state index in [9.17, 15) is 14.4 Å². The zero-order valence-corrected chi connectivity index (χ0v) is 9.99. The molecule has 0 aliphatic carbocycles. The molecule has 1 atom stereocenters. The number of rotatable bonds is 4. The van der Waals surface area contributed by atoms with Crippen LogP contribution < -0.4 is 11.1 Å². The Kier molecular flexibility index (Phi) is 4.71. The lowest BCUT2D eigenvalue weighted by atomic mass is 10.2. The van der Waals surface area contributed by atoms with Gasteiger partial charge in [0.15, 0.2) is 0 Å². The van der Waals surface area contributed by atoms with Crippen molar-refractivity contribution in [3.63, 3.8) is 0 Å². The Morgan fingerprint density at radius 1 is 1.47 bits per heavy atom. The second kappa shape index (κ2) is 6.05. The van der Waals surface area contributed by atoms with Gasteiger partial charge >= 0.3 is 6.03 Å². The summed E-state index contributed by atoms with van der Waals surface area (Å²) < 4.78 is 0. The predicted molar refractivity (Wildman–Crippen MR) is 64.9 cm³/mol. The van der Waals surface area contributed by atoms with Gasteiger partial charge in [0, 0.05) is 10.5 Å². The van der Waals surface area contributed by atoms with Crippen molar-refractivity contribution in [2.24, 2.45) is 5.73 Å². The van der Waals surface area contributed by atoms with Crippen LogP contribution in [0.1, 0.15) is 17.3 Å². The summed E-state index contributed by atoms with van der Waals surface area (Å²) in [4.78, 5) is 33.3. The van der Waals surface area contributed by atoms with Crippen LogP contribution in [0.15, 0.2) is 29.2 Å². The summed E-state index contributed by atoms with van der Waals surface area (Å²) in [6.07, 6.45) is 0.734. The zero-order chi connectivity index (χ0) is 12.8. The average molecular weight is 252 g/mol. The van der Waals surface area contributed by atoms with Crippen molar-refractivity contribution in [3.8, 4) is 0 Å². The molecule has 0 saturated heterocycles. The van der Waals surface area contributed by atoms with E-state index in [0.29, 0.717) is 5.56 Å². The summed E-state index contributed by atoms with van der Waals surface area (Å²) in [5.41, 5.74) is 5.38. The van der Waals surface area contributed by atoms with E-state index >= 15 is 0 Å². The highest BCUT2D eigenvalue weighted by Crippen LogP contribution is 2.23. The third-order valence-electron chi connectivity index (χ3n) is 1.92. The van der Waals surface area contributed by atoms with E-state index in [1.54, 1.807) is 31.2 Å². The van der Waals surface area contributed by atoms with Crippen molar-refractivity contribution in [1.82, 2.24) is 5.32 Å². The van der Waals surface area contributed by atoms with Crippen LogP contribution in [0.25, 0.3) is 0 Å². The number of aldehydes is 1. The van der Waals surface area contributed by atoms with Crippen LogP contribution in [0.5, 0.6) is 0 Å². The molecule has 1 rings (SSSR count). The fraction of sp³-hybridized carbons (Fsp3) is 0.182. The molecule has 0 aliphatic heterocycles. The van der Waals surface area contributed by atoms with Crippen LogP contribution in [0.2, 0.25) is 0 Å². The maximum absolute atomic E-state index is 11.4. The van der Waals surface area contributed by atoms with Crippen molar-refractivity contribution >= 4 is 30.0 Å². The summed E-state index contributed by atoms with van der Waals surface area (Å²) in [6, 6.07) is 5.98. The molecular weight excluding hydrogens is 240 g/mol. The number of nitrogens with one attached hydrogen (secondary N) is 1. The quantitative estimate of drug-likeness (QED) is 0.622. The van der Waals surface area contributed by atoms with Gasteiger partial charge < -0.3 is 5.73 Å². The first kappa shape index (κ1) is 13.2. The molecule has 0 spiro atoms. The number of hydrogen-bond donors (Lipinski definition) is 2. The standard InChI is InChI=1S/C11H12N2O3S/c1-7(10(15)13-11(12)16)17-9-4-2-3-8(5-9)6-14/h2-7H,1H3,(H3,12,13,15,16). The van der Waals surface area contributed by atoms with Crippen LogP contribution in [0.4, 0.5) is 4.79 Å². The van der Waals surface area contributed by atoms with Crippen LogP contribution in [-0.4, -0.2) is 23.5 Å². The van der Waals surface area contributed by atoms with Gasteiger partial charge in [0.25, 0.3) is 0 Å². The van der Waals surface area contributed by atoms with E-state index in [0.717, 1.165) is 11.2 Å².